The number of hydrogen-bond donors (Lipinski definition) is 0. The van der Waals surface area contributed by atoms with E-state index in [0.717, 1.165) is 11.3 Å². The molecule has 0 aliphatic rings. The van der Waals surface area contributed by atoms with Crippen molar-refractivity contribution in [3.05, 3.63) is 71.8 Å². The zero-order chi connectivity index (χ0) is 19.4. The van der Waals surface area contributed by atoms with E-state index in [2.05, 4.69) is 10.1 Å². The van der Waals surface area contributed by atoms with Gasteiger partial charge in [0.25, 0.3) is 5.91 Å². The van der Waals surface area contributed by atoms with Crippen LogP contribution in [-0.4, -0.2) is 38.7 Å². The second kappa shape index (κ2) is 8.22. The number of ether oxygens (including phenoxy) is 1. The molecule has 6 nitrogen and oxygen atoms in total. The molecule has 0 fully saturated rings. The van der Waals surface area contributed by atoms with Crippen molar-refractivity contribution in [3.63, 3.8) is 0 Å². The van der Waals surface area contributed by atoms with Crippen LogP contribution >= 0.6 is 11.6 Å². The van der Waals surface area contributed by atoms with Crippen molar-refractivity contribution < 1.29 is 9.53 Å². The average molecular weight is 385 g/mol. The van der Waals surface area contributed by atoms with Crippen molar-refractivity contribution in [2.24, 2.45) is 0 Å². The highest BCUT2D eigenvalue weighted by molar-refractivity contribution is 6.30. The topological polar surface area (TPSA) is 60.2 Å². The molecule has 0 N–H and O–H groups in total. The van der Waals surface area contributed by atoms with Crippen LogP contribution in [0.4, 0.5) is 0 Å². The van der Waals surface area contributed by atoms with Crippen LogP contribution in [0.25, 0.3) is 5.69 Å². The number of amides is 1. The fourth-order valence-electron chi connectivity index (χ4n) is 2.72. The minimum atomic E-state index is -0.604. The maximum absolute atomic E-state index is 12.7. The smallest absolute Gasteiger partial charge is 0.263 e. The van der Waals surface area contributed by atoms with Crippen molar-refractivity contribution in [3.8, 4) is 11.4 Å². The third-order valence-corrected chi connectivity index (χ3v) is 4.71. The number of carbonyl (C=O) groups excluding carboxylic acids is 1. The zero-order valence-electron chi connectivity index (χ0n) is 15.4. The number of nitrogens with zero attached hydrogens (tertiary/aromatic N) is 4. The molecule has 0 aliphatic carbocycles. The van der Waals surface area contributed by atoms with Gasteiger partial charge in [0.15, 0.2) is 6.10 Å². The second-order valence-corrected chi connectivity index (χ2v) is 6.71. The number of carbonyl (C=O) groups is 1. The summed E-state index contributed by atoms with van der Waals surface area (Å²) in [5.41, 5.74) is 1.94. The molecule has 2 atom stereocenters. The van der Waals surface area contributed by atoms with E-state index in [4.69, 9.17) is 16.3 Å². The standard InChI is InChI=1S/C20H21ClN4O2/c1-14(16-4-8-18(9-5-16)25-13-22-12-23-25)24(3)20(26)15(2)27-19-10-6-17(21)7-11-19/h4-15H,1-3H3. The van der Waals surface area contributed by atoms with Gasteiger partial charge in [-0.05, 0) is 55.8 Å². The number of halogens is 1. The molecule has 1 aromatic heterocycles. The molecule has 140 valence electrons. The molecule has 2 aromatic carbocycles. The third kappa shape index (κ3) is 4.46. The Kier molecular flexibility index (Phi) is 5.76. The first kappa shape index (κ1) is 18.9. The predicted molar refractivity (Wildman–Crippen MR) is 104 cm³/mol. The molecule has 0 saturated carbocycles. The van der Waals surface area contributed by atoms with Crippen molar-refractivity contribution in [1.82, 2.24) is 19.7 Å². The number of aromatic nitrogens is 3. The Hall–Kier alpha value is -2.86. The summed E-state index contributed by atoms with van der Waals surface area (Å²) in [6.45, 7) is 3.73. The highest BCUT2D eigenvalue weighted by Crippen LogP contribution is 2.22. The first-order valence-corrected chi connectivity index (χ1v) is 8.97. The van der Waals surface area contributed by atoms with Gasteiger partial charge in [-0.2, -0.15) is 5.10 Å². The van der Waals surface area contributed by atoms with Gasteiger partial charge in [-0.15, -0.1) is 0 Å². The minimum Gasteiger partial charge on any atom is -0.481 e. The van der Waals surface area contributed by atoms with Crippen LogP contribution in [0.5, 0.6) is 5.75 Å². The lowest BCUT2D eigenvalue weighted by Gasteiger charge is -2.28. The Morgan fingerprint density at radius 2 is 1.78 bits per heavy atom. The van der Waals surface area contributed by atoms with Crippen LogP contribution in [0.3, 0.4) is 0 Å². The van der Waals surface area contributed by atoms with E-state index in [-0.39, 0.29) is 11.9 Å². The van der Waals surface area contributed by atoms with Crippen LogP contribution in [0.1, 0.15) is 25.5 Å². The summed E-state index contributed by atoms with van der Waals surface area (Å²) < 4.78 is 7.42. The lowest BCUT2D eigenvalue weighted by Crippen LogP contribution is -2.39. The van der Waals surface area contributed by atoms with Gasteiger partial charge >= 0.3 is 0 Å². The number of likely N-dealkylation sites (N-methyl/N-ethyl adjacent to an activating group) is 1. The van der Waals surface area contributed by atoms with Gasteiger partial charge in [0.05, 0.1) is 11.7 Å². The Labute approximate surface area is 163 Å². The van der Waals surface area contributed by atoms with Gasteiger partial charge in [-0.1, -0.05) is 23.7 Å². The van der Waals surface area contributed by atoms with Gasteiger partial charge in [0.2, 0.25) is 0 Å². The van der Waals surface area contributed by atoms with Crippen molar-refractivity contribution in [2.75, 3.05) is 7.05 Å². The molecule has 0 aliphatic heterocycles. The molecule has 0 saturated heterocycles. The lowest BCUT2D eigenvalue weighted by atomic mass is 10.1. The van der Waals surface area contributed by atoms with E-state index in [9.17, 15) is 4.79 Å². The summed E-state index contributed by atoms with van der Waals surface area (Å²) in [5, 5.41) is 4.74. The van der Waals surface area contributed by atoms with E-state index in [0.29, 0.717) is 10.8 Å². The summed E-state index contributed by atoms with van der Waals surface area (Å²) in [4.78, 5) is 18.4. The molecular formula is C20H21ClN4O2. The fourth-order valence-corrected chi connectivity index (χ4v) is 2.84. The first-order valence-electron chi connectivity index (χ1n) is 8.59. The zero-order valence-corrected chi connectivity index (χ0v) is 16.2. The first-order chi connectivity index (χ1) is 13.0. The molecular weight excluding hydrogens is 364 g/mol. The Morgan fingerprint density at radius 3 is 2.37 bits per heavy atom. The lowest BCUT2D eigenvalue weighted by molar-refractivity contribution is -0.138. The van der Waals surface area contributed by atoms with Crippen molar-refractivity contribution in [1.29, 1.82) is 0 Å². The molecule has 3 rings (SSSR count). The van der Waals surface area contributed by atoms with E-state index in [1.807, 2.05) is 31.2 Å². The van der Waals surface area contributed by atoms with Crippen LogP contribution in [0.2, 0.25) is 5.02 Å². The van der Waals surface area contributed by atoms with Crippen molar-refractivity contribution >= 4 is 17.5 Å². The SMILES string of the molecule is CC(Oc1ccc(Cl)cc1)C(=O)N(C)C(C)c1ccc(-n2cncn2)cc1. The summed E-state index contributed by atoms with van der Waals surface area (Å²) in [5.74, 6) is 0.510. The molecule has 2 unspecified atom stereocenters. The number of rotatable bonds is 6. The van der Waals surface area contributed by atoms with Crippen LogP contribution < -0.4 is 4.74 Å². The molecule has 0 radical (unpaired) electrons. The van der Waals surface area contributed by atoms with E-state index >= 15 is 0 Å². The number of benzene rings is 2. The maximum atomic E-state index is 12.7. The third-order valence-electron chi connectivity index (χ3n) is 4.46. The van der Waals surface area contributed by atoms with Gasteiger partial charge in [-0.3, -0.25) is 4.79 Å². The summed E-state index contributed by atoms with van der Waals surface area (Å²) in [6, 6.07) is 14.7. The largest absolute Gasteiger partial charge is 0.481 e. The minimum absolute atomic E-state index is 0.0986. The molecule has 0 spiro atoms. The van der Waals surface area contributed by atoms with Gasteiger partial charge in [0.1, 0.15) is 18.4 Å². The average Bonchev–Trinajstić information content (AvgIpc) is 3.23. The van der Waals surface area contributed by atoms with E-state index in [1.165, 1.54) is 6.33 Å². The van der Waals surface area contributed by atoms with Gasteiger partial charge < -0.3 is 9.64 Å². The van der Waals surface area contributed by atoms with Gasteiger partial charge in [0, 0.05) is 12.1 Å². The number of hydrogen-bond acceptors (Lipinski definition) is 4. The van der Waals surface area contributed by atoms with E-state index in [1.54, 1.807) is 54.1 Å². The Balaban J connectivity index is 1.65. The van der Waals surface area contributed by atoms with E-state index < -0.39 is 6.10 Å². The monoisotopic (exact) mass is 384 g/mol. The molecule has 1 amide bonds. The summed E-state index contributed by atoms with van der Waals surface area (Å²) >= 11 is 5.87. The second-order valence-electron chi connectivity index (χ2n) is 6.27. The fraction of sp³-hybridized carbons (Fsp3) is 0.250. The van der Waals surface area contributed by atoms with Crippen LogP contribution in [0.15, 0.2) is 61.2 Å². The quantitative estimate of drug-likeness (QED) is 0.646. The summed E-state index contributed by atoms with van der Waals surface area (Å²) in [6.07, 6.45) is 2.53. The predicted octanol–water partition coefficient (Wildman–Crippen LogP) is 3.91. The highest BCUT2D eigenvalue weighted by Gasteiger charge is 2.24. The highest BCUT2D eigenvalue weighted by atomic mass is 35.5. The Bertz CT molecular complexity index is 879. The van der Waals surface area contributed by atoms with Crippen LogP contribution in [-0.2, 0) is 4.79 Å². The Morgan fingerprint density at radius 1 is 1.11 bits per heavy atom. The molecule has 0 bridgehead atoms. The molecule has 27 heavy (non-hydrogen) atoms. The van der Waals surface area contributed by atoms with Gasteiger partial charge in [-0.25, -0.2) is 9.67 Å². The summed E-state index contributed by atoms with van der Waals surface area (Å²) in [7, 11) is 1.78. The molecule has 3 aromatic rings. The molecule has 1 heterocycles. The normalized spacial score (nSPS) is 13.0. The van der Waals surface area contributed by atoms with Crippen LogP contribution in [0, 0.1) is 0 Å². The van der Waals surface area contributed by atoms with Crippen molar-refractivity contribution in [2.45, 2.75) is 26.0 Å². The molecule has 7 heteroatoms. The maximum Gasteiger partial charge on any atom is 0.263 e.